The summed E-state index contributed by atoms with van der Waals surface area (Å²) in [6.45, 7) is 5.46. The van der Waals surface area contributed by atoms with Crippen LogP contribution in [0.2, 0.25) is 0 Å². The third-order valence-corrected chi connectivity index (χ3v) is 3.49. The van der Waals surface area contributed by atoms with Gasteiger partial charge >= 0.3 is 0 Å². The smallest absolute Gasteiger partial charge is 0.167 e. The highest BCUT2D eigenvalue weighted by molar-refractivity contribution is 7.99. The maximum absolute atomic E-state index is 4.28. The highest BCUT2D eigenvalue weighted by atomic mass is 32.2. The van der Waals surface area contributed by atoms with Gasteiger partial charge in [-0.15, -0.1) is 0 Å². The molecule has 0 aliphatic carbocycles. The van der Waals surface area contributed by atoms with Crippen LogP contribution < -0.4 is 5.32 Å². The summed E-state index contributed by atoms with van der Waals surface area (Å²) < 4.78 is 2.07. The molecule has 1 unspecified atom stereocenters. The Labute approximate surface area is 96.7 Å². The molecule has 1 aromatic heterocycles. The van der Waals surface area contributed by atoms with Crippen molar-refractivity contribution in [3.63, 3.8) is 0 Å². The van der Waals surface area contributed by atoms with Gasteiger partial charge in [0.2, 0.25) is 0 Å². The minimum Gasteiger partial charge on any atom is -0.329 e. The van der Waals surface area contributed by atoms with E-state index in [0.29, 0.717) is 6.04 Å². The van der Waals surface area contributed by atoms with Gasteiger partial charge in [-0.2, -0.15) is 0 Å². The summed E-state index contributed by atoms with van der Waals surface area (Å²) in [5.74, 6) is 1.15. The molecule has 1 N–H and O–H groups in total. The second-order valence-corrected chi connectivity index (χ2v) is 4.83. The predicted octanol–water partition coefficient (Wildman–Crippen LogP) is 2.29. The van der Waals surface area contributed by atoms with Crippen molar-refractivity contribution in [3.8, 4) is 0 Å². The molecule has 1 atom stereocenters. The summed E-state index contributed by atoms with van der Waals surface area (Å²) in [4.78, 5) is 4.28. The Hall–Kier alpha value is -0.480. The van der Waals surface area contributed by atoms with Crippen LogP contribution in [0.5, 0.6) is 0 Å². The van der Waals surface area contributed by atoms with E-state index in [1.165, 1.54) is 12.8 Å². The maximum Gasteiger partial charge on any atom is 0.167 e. The first-order valence-electron chi connectivity index (χ1n) is 5.57. The fraction of sp³-hybridized carbons (Fsp3) is 0.727. The molecule has 0 amide bonds. The van der Waals surface area contributed by atoms with Crippen molar-refractivity contribution in [1.82, 2.24) is 14.9 Å². The number of hydrogen-bond acceptors (Lipinski definition) is 3. The second kappa shape index (κ2) is 6.90. The molecule has 0 bridgehead atoms. The van der Waals surface area contributed by atoms with E-state index >= 15 is 0 Å². The number of aromatic nitrogens is 2. The zero-order valence-electron chi connectivity index (χ0n) is 9.86. The van der Waals surface area contributed by atoms with Crippen molar-refractivity contribution in [2.45, 2.75) is 37.9 Å². The summed E-state index contributed by atoms with van der Waals surface area (Å²) in [6, 6.07) is 0.636. The molecule has 0 aliphatic rings. The number of nitrogens with zero attached hydrogens (tertiary/aromatic N) is 2. The number of aryl methyl sites for hydroxylation is 1. The van der Waals surface area contributed by atoms with Crippen molar-refractivity contribution < 1.29 is 0 Å². The van der Waals surface area contributed by atoms with Gasteiger partial charge in [0, 0.05) is 31.2 Å². The summed E-state index contributed by atoms with van der Waals surface area (Å²) >= 11 is 1.84. The van der Waals surface area contributed by atoms with E-state index in [-0.39, 0.29) is 0 Å². The molecule has 0 saturated heterocycles. The lowest BCUT2D eigenvalue weighted by atomic mass is 10.2. The van der Waals surface area contributed by atoms with Gasteiger partial charge in [-0.3, -0.25) is 0 Å². The van der Waals surface area contributed by atoms with E-state index in [2.05, 4.69) is 28.7 Å². The number of imidazole rings is 1. The van der Waals surface area contributed by atoms with Crippen LogP contribution in [0, 0.1) is 0 Å². The Kier molecular flexibility index (Phi) is 5.79. The molecule has 0 aliphatic heterocycles. The molecule has 15 heavy (non-hydrogen) atoms. The molecular weight excluding hydrogens is 206 g/mol. The van der Waals surface area contributed by atoms with Crippen molar-refractivity contribution in [1.29, 1.82) is 0 Å². The molecule has 0 saturated carbocycles. The molecule has 0 aromatic carbocycles. The van der Waals surface area contributed by atoms with Crippen LogP contribution in [0.25, 0.3) is 0 Å². The number of hydrogen-bond donors (Lipinski definition) is 1. The summed E-state index contributed by atoms with van der Waals surface area (Å²) in [7, 11) is 2.04. The van der Waals surface area contributed by atoms with E-state index in [1.54, 1.807) is 0 Å². The van der Waals surface area contributed by atoms with Crippen LogP contribution in [0.4, 0.5) is 0 Å². The molecule has 0 radical (unpaired) electrons. The number of thioether (sulfide) groups is 1. The Morgan fingerprint density at radius 2 is 2.40 bits per heavy atom. The van der Waals surface area contributed by atoms with Crippen molar-refractivity contribution in [3.05, 3.63) is 12.4 Å². The van der Waals surface area contributed by atoms with Crippen LogP contribution in [0.1, 0.15) is 26.7 Å². The van der Waals surface area contributed by atoms with Gasteiger partial charge in [0.1, 0.15) is 0 Å². The fourth-order valence-corrected chi connectivity index (χ4v) is 2.39. The monoisotopic (exact) mass is 227 g/mol. The highest BCUT2D eigenvalue weighted by Crippen LogP contribution is 2.16. The molecule has 3 nitrogen and oxygen atoms in total. The first kappa shape index (κ1) is 12.6. The fourth-order valence-electron chi connectivity index (χ4n) is 1.49. The molecule has 1 aromatic rings. The number of nitrogens with one attached hydrogen (secondary N) is 1. The average Bonchev–Trinajstić information content (AvgIpc) is 2.60. The normalized spacial score (nSPS) is 13.0. The lowest BCUT2D eigenvalue weighted by Gasteiger charge is -2.11. The van der Waals surface area contributed by atoms with Crippen LogP contribution in [0.15, 0.2) is 17.6 Å². The van der Waals surface area contributed by atoms with Crippen LogP contribution in [-0.4, -0.2) is 27.9 Å². The Bertz CT molecular complexity index is 273. The molecule has 1 heterocycles. The van der Waals surface area contributed by atoms with E-state index in [4.69, 9.17) is 0 Å². The average molecular weight is 227 g/mol. The molecular formula is C11H21N3S. The first-order valence-corrected chi connectivity index (χ1v) is 6.56. The second-order valence-electron chi connectivity index (χ2n) is 3.77. The minimum absolute atomic E-state index is 0.636. The summed E-state index contributed by atoms with van der Waals surface area (Å²) in [5, 5.41) is 4.54. The molecule has 86 valence electrons. The van der Waals surface area contributed by atoms with Gasteiger partial charge < -0.3 is 9.88 Å². The van der Waals surface area contributed by atoms with E-state index in [9.17, 15) is 0 Å². The largest absolute Gasteiger partial charge is 0.329 e. The lowest BCUT2D eigenvalue weighted by Crippen LogP contribution is -2.25. The Morgan fingerprint density at radius 1 is 1.60 bits per heavy atom. The number of rotatable bonds is 7. The van der Waals surface area contributed by atoms with E-state index in [1.807, 2.05) is 31.2 Å². The lowest BCUT2D eigenvalue weighted by molar-refractivity contribution is 0.526. The Morgan fingerprint density at radius 3 is 3.00 bits per heavy atom. The molecule has 1 rings (SSSR count). The molecule has 4 heteroatoms. The van der Waals surface area contributed by atoms with Gasteiger partial charge in [-0.1, -0.05) is 18.7 Å². The maximum atomic E-state index is 4.28. The van der Waals surface area contributed by atoms with Gasteiger partial charge in [-0.25, -0.2) is 4.98 Å². The minimum atomic E-state index is 0.636. The standard InChI is InChI=1S/C11H21N3S/c1-4-12-10(2)6-5-9-15-11-13-7-8-14(11)3/h7-8,10,12H,4-6,9H2,1-3H3. The van der Waals surface area contributed by atoms with Crippen LogP contribution in [0.3, 0.4) is 0 Å². The third kappa shape index (κ3) is 4.71. The summed E-state index contributed by atoms with van der Waals surface area (Å²) in [6.07, 6.45) is 6.32. The zero-order chi connectivity index (χ0) is 11.1. The van der Waals surface area contributed by atoms with Crippen LogP contribution in [-0.2, 0) is 7.05 Å². The van der Waals surface area contributed by atoms with Gasteiger partial charge in [0.15, 0.2) is 5.16 Å². The summed E-state index contributed by atoms with van der Waals surface area (Å²) in [5.41, 5.74) is 0. The van der Waals surface area contributed by atoms with Crippen LogP contribution >= 0.6 is 11.8 Å². The highest BCUT2D eigenvalue weighted by Gasteiger charge is 2.02. The molecule has 0 spiro atoms. The van der Waals surface area contributed by atoms with Crippen molar-refractivity contribution >= 4 is 11.8 Å². The first-order chi connectivity index (χ1) is 7.24. The topological polar surface area (TPSA) is 29.9 Å². The third-order valence-electron chi connectivity index (χ3n) is 2.34. The zero-order valence-corrected chi connectivity index (χ0v) is 10.7. The van der Waals surface area contributed by atoms with Gasteiger partial charge in [0.05, 0.1) is 0 Å². The quantitative estimate of drug-likeness (QED) is 0.572. The predicted molar refractivity (Wildman–Crippen MR) is 66.3 cm³/mol. The SMILES string of the molecule is CCNC(C)CCCSc1nccn1C. The molecule has 0 fully saturated rings. The van der Waals surface area contributed by atoms with Crippen molar-refractivity contribution in [2.75, 3.05) is 12.3 Å². The van der Waals surface area contributed by atoms with Gasteiger partial charge in [0.25, 0.3) is 0 Å². The van der Waals surface area contributed by atoms with E-state index in [0.717, 1.165) is 17.5 Å². The Balaban J connectivity index is 2.09. The van der Waals surface area contributed by atoms with Gasteiger partial charge in [-0.05, 0) is 26.3 Å². The van der Waals surface area contributed by atoms with Crippen molar-refractivity contribution in [2.24, 2.45) is 7.05 Å². The van der Waals surface area contributed by atoms with E-state index < -0.39 is 0 Å².